The van der Waals surface area contributed by atoms with E-state index < -0.39 is 0 Å². The maximum absolute atomic E-state index is 12.7. The minimum absolute atomic E-state index is 0.0510. The van der Waals surface area contributed by atoms with Gasteiger partial charge in [0.25, 0.3) is 5.91 Å². The van der Waals surface area contributed by atoms with E-state index in [-0.39, 0.29) is 5.91 Å². The third-order valence-corrected chi connectivity index (χ3v) is 4.11. The summed E-state index contributed by atoms with van der Waals surface area (Å²) >= 11 is 0. The molecule has 0 atom stereocenters. The Morgan fingerprint density at radius 3 is 2.74 bits per heavy atom. The molecule has 4 heterocycles. The molecule has 0 radical (unpaired) electrons. The van der Waals surface area contributed by atoms with Gasteiger partial charge in [0, 0.05) is 44.8 Å². The number of carbonyl (C=O) groups is 1. The lowest BCUT2D eigenvalue weighted by molar-refractivity contribution is 0.0742. The fourth-order valence-corrected chi connectivity index (χ4v) is 2.85. The van der Waals surface area contributed by atoms with Gasteiger partial charge in [0.05, 0.1) is 10.9 Å². The Labute approximate surface area is 133 Å². The van der Waals surface area contributed by atoms with Gasteiger partial charge in [0.2, 0.25) is 0 Å². The number of hydrogen-bond donors (Lipinski definition) is 1. The minimum atomic E-state index is -0.0510. The molecular weight excluding hydrogens is 292 g/mol. The Hall–Kier alpha value is -2.96. The molecule has 1 aliphatic heterocycles. The summed E-state index contributed by atoms with van der Waals surface area (Å²) in [6.07, 6.45) is 5.15. The monoisotopic (exact) mass is 308 g/mol. The van der Waals surface area contributed by atoms with Crippen molar-refractivity contribution in [1.82, 2.24) is 25.1 Å². The maximum Gasteiger partial charge on any atom is 0.275 e. The second kappa shape index (κ2) is 5.68. The van der Waals surface area contributed by atoms with Crippen LogP contribution in [0, 0.1) is 0 Å². The maximum atomic E-state index is 12.7. The number of anilines is 1. The Morgan fingerprint density at radius 2 is 1.96 bits per heavy atom. The van der Waals surface area contributed by atoms with Gasteiger partial charge < -0.3 is 9.80 Å². The lowest BCUT2D eigenvalue weighted by Gasteiger charge is -2.35. The first-order chi connectivity index (χ1) is 11.3. The smallest absolute Gasteiger partial charge is 0.275 e. The fourth-order valence-electron chi connectivity index (χ4n) is 2.85. The largest absolute Gasteiger partial charge is 0.353 e. The molecule has 3 aromatic rings. The number of piperazine rings is 1. The van der Waals surface area contributed by atoms with E-state index in [4.69, 9.17) is 0 Å². The summed E-state index contributed by atoms with van der Waals surface area (Å²) < 4.78 is 0. The predicted molar refractivity (Wildman–Crippen MR) is 86.2 cm³/mol. The van der Waals surface area contributed by atoms with E-state index in [1.807, 2.05) is 29.2 Å². The van der Waals surface area contributed by atoms with Crippen LogP contribution < -0.4 is 4.90 Å². The summed E-state index contributed by atoms with van der Waals surface area (Å²) in [5.74, 6) is 0.902. The van der Waals surface area contributed by atoms with Crippen molar-refractivity contribution in [3.05, 3.63) is 48.5 Å². The number of nitrogens with one attached hydrogen (secondary N) is 1. The molecule has 1 N–H and O–H groups in total. The Bertz CT molecular complexity index is 823. The highest BCUT2D eigenvalue weighted by Crippen LogP contribution is 2.18. The number of hydrogen-bond acceptors (Lipinski definition) is 5. The number of nitrogens with zero attached hydrogens (tertiary/aromatic N) is 5. The minimum Gasteiger partial charge on any atom is -0.353 e. The number of H-pyrrole nitrogens is 1. The van der Waals surface area contributed by atoms with Gasteiger partial charge in [-0.05, 0) is 18.2 Å². The Morgan fingerprint density at radius 1 is 1.09 bits per heavy atom. The average Bonchev–Trinajstić information content (AvgIpc) is 3.06. The zero-order valence-corrected chi connectivity index (χ0v) is 12.5. The number of amides is 1. The van der Waals surface area contributed by atoms with Crippen molar-refractivity contribution in [2.45, 2.75) is 0 Å². The molecule has 0 unspecified atom stereocenters. The van der Waals surface area contributed by atoms with Gasteiger partial charge in [-0.2, -0.15) is 5.10 Å². The van der Waals surface area contributed by atoms with Crippen molar-refractivity contribution in [3.8, 4) is 0 Å². The van der Waals surface area contributed by atoms with Gasteiger partial charge in [-0.25, -0.2) is 4.98 Å². The number of aromatic amines is 1. The average molecular weight is 308 g/mol. The van der Waals surface area contributed by atoms with Crippen LogP contribution in [0.5, 0.6) is 0 Å². The molecule has 0 aromatic carbocycles. The highest BCUT2D eigenvalue weighted by molar-refractivity contribution is 6.04. The molecule has 3 aromatic heterocycles. The molecule has 1 aliphatic rings. The first-order valence-corrected chi connectivity index (χ1v) is 7.56. The van der Waals surface area contributed by atoms with E-state index >= 15 is 0 Å². The van der Waals surface area contributed by atoms with Crippen molar-refractivity contribution in [2.75, 3.05) is 31.1 Å². The molecule has 7 heteroatoms. The molecule has 0 saturated carbocycles. The zero-order chi connectivity index (χ0) is 15.6. The number of aromatic nitrogens is 4. The lowest BCUT2D eigenvalue weighted by atomic mass is 10.2. The van der Waals surface area contributed by atoms with Gasteiger partial charge in [-0.15, -0.1) is 0 Å². The number of pyridine rings is 2. The van der Waals surface area contributed by atoms with Crippen molar-refractivity contribution in [2.24, 2.45) is 0 Å². The second-order valence-electron chi connectivity index (χ2n) is 5.46. The highest BCUT2D eigenvalue weighted by atomic mass is 16.2. The Kier molecular flexibility index (Phi) is 3.38. The Balaban J connectivity index is 1.49. The quantitative estimate of drug-likeness (QED) is 0.772. The van der Waals surface area contributed by atoms with Crippen molar-refractivity contribution < 1.29 is 4.79 Å². The van der Waals surface area contributed by atoms with Crippen LogP contribution in [0.1, 0.15) is 10.5 Å². The SMILES string of the molecule is O=C(c1n[nH]c2ccncc12)N1CCN(c2ccccn2)CC1. The molecule has 0 aliphatic carbocycles. The summed E-state index contributed by atoms with van der Waals surface area (Å²) in [7, 11) is 0. The van der Waals surface area contributed by atoms with Gasteiger partial charge in [0.1, 0.15) is 5.82 Å². The van der Waals surface area contributed by atoms with Crippen molar-refractivity contribution in [1.29, 1.82) is 0 Å². The van der Waals surface area contributed by atoms with E-state index in [0.717, 1.165) is 29.8 Å². The van der Waals surface area contributed by atoms with E-state index in [1.165, 1.54) is 0 Å². The highest BCUT2D eigenvalue weighted by Gasteiger charge is 2.25. The van der Waals surface area contributed by atoms with Crippen LogP contribution in [0.25, 0.3) is 10.9 Å². The van der Waals surface area contributed by atoms with Crippen LogP contribution in [0.3, 0.4) is 0 Å². The standard InChI is InChI=1S/C16H16N6O/c23-16(15-12-11-17-6-4-13(12)19-20-15)22-9-7-21(8-10-22)14-3-1-2-5-18-14/h1-6,11H,7-10H2,(H,19,20). The summed E-state index contributed by atoms with van der Waals surface area (Å²) in [5.41, 5.74) is 1.27. The molecule has 23 heavy (non-hydrogen) atoms. The lowest BCUT2D eigenvalue weighted by Crippen LogP contribution is -2.49. The zero-order valence-electron chi connectivity index (χ0n) is 12.5. The molecule has 7 nitrogen and oxygen atoms in total. The molecular formula is C16H16N6O. The van der Waals surface area contributed by atoms with Gasteiger partial charge in [-0.1, -0.05) is 6.07 Å². The first-order valence-electron chi connectivity index (χ1n) is 7.56. The topological polar surface area (TPSA) is 78.0 Å². The summed E-state index contributed by atoms with van der Waals surface area (Å²) in [6.45, 7) is 2.85. The molecule has 1 amide bonds. The summed E-state index contributed by atoms with van der Waals surface area (Å²) in [5, 5.41) is 7.82. The van der Waals surface area contributed by atoms with Crippen LogP contribution in [0.4, 0.5) is 5.82 Å². The number of carbonyl (C=O) groups excluding carboxylic acids is 1. The third-order valence-electron chi connectivity index (χ3n) is 4.11. The van der Waals surface area contributed by atoms with Crippen LogP contribution in [0.2, 0.25) is 0 Å². The van der Waals surface area contributed by atoms with Gasteiger partial charge >= 0.3 is 0 Å². The number of rotatable bonds is 2. The van der Waals surface area contributed by atoms with Crippen molar-refractivity contribution >= 4 is 22.6 Å². The van der Waals surface area contributed by atoms with Crippen LogP contribution in [-0.4, -0.2) is 57.2 Å². The van der Waals surface area contributed by atoms with Gasteiger partial charge in [0.15, 0.2) is 5.69 Å². The predicted octanol–water partition coefficient (Wildman–Crippen LogP) is 1.32. The van der Waals surface area contributed by atoms with E-state index in [9.17, 15) is 4.79 Å². The van der Waals surface area contributed by atoms with Crippen molar-refractivity contribution in [3.63, 3.8) is 0 Å². The molecule has 1 fully saturated rings. The van der Waals surface area contributed by atoms with Crippen LogP contribution in [-0.2, 0) is 0 Å². The van der Waals surface area contributed by atoms with Crippen LogP contribution >= 0.6 is 0 Å². The molecule has 116 valence electrons. The van der Waals surface area contributed by atoms with Crippen LogP contribution in [0.15, 0.2) is 42.9 Å². The molecule has 1 saturated heterocycles. The molecule has 4 rings (SSSR count). The second-order valence-corrected chi connectivity index (χ2v) is 5.46. The fraction of sp³-hybridized carbons (Fsp3) is 0.250. The molecule has 0 spiro atoms. The first kappa shape index (κ1) is 13.7. The van der Waals surface area contributed by atoms with E-state index in [2.05, 4.69) is 25.1 Å². The van der Waals surface area contributed by atoms with E-state index in [0.29, 0.717) is 18.8 Å². The normalized spacial score (nSPS) is 15.1. The van der Waals surface area contributed by atoms with Gasteiger partial charge in [-0.3, -0.25) is 14.9 Å². The summed E-state index contributed by atoms with van der Waals surface area (Å²) in [4.78, 5) is 25.2. The van der Waals surface area contributed by atoms with E-state index in [1.54, 1.807) is 18.6 Å². The summed E-state index contributed by atoms with van der Waals surface area (Å²) in [6, 6.07) is 7.69. The number of fused-ring (bicyclic) bond motifs is 1. The molecule has 0 bridgehead atoms. The third kappa shape index (κ3) is 2.50.